The number of hydrogen-bond acceptors (Lipinski definition) is 5. The molecule has 2 aliphatic rings. The number of hydrogen-bond donors (Lipinski definition) is 2. The van der Waals surface area contributed by atoms with Crippen LogP contribution in [0, 0.1) is 17.8 Å². The van der Waals surface area contributed by atoms with Crippen molar-refractivity contribution in [3.8, 4) is 0 Å². The molecule has 2 aromatic rings. The maximum absolute atomic E-state index is 12.8. The summed E-state index contributed by atoms with van der Waals surface area (Å²) in [7, 11) is 0. The van der Waals surface area contributed by atoms with Gasteiger partial charge in [-0.25, -0.2) is 13.8 Å². The van der Waals surface area contributed by atoms with Crippen molar-refractivity contribution in [2.45, 2.75) is 45.6 Å². The molecular formula is C20H29F2N5S. The molecule has 4 rings (SSSR count). The maximum atomic E-state index is 12.8. The van der Waals surface area contributed by atoms with Crippen LogP contribution in [-0.2, 0) is 0 Å². The van der Waals surface area contributed by atoms with Gasteiger partial charge in [0.25, 0.3) is 0 Å². The number of H-pyrrole nitrogens is 1. The smallest absolute Gasteiger partial charge is 0.241 e. The molecule has 2 N–H and O–H groups in total. The van der Waals surface area contributed by atoms with Gasteiger partial charge in [0.05, 0.1) is 5.52 Å². The number of fused-ring (bicyclic) bond motifs is 1. The minimum Gasteiger partial charge on any atom is -0.357 e. The van der Waals surface area contributed by atoms with E-state index in [4.69, 9.17) is 4.98 Å². The third kappa shape index (κ3) is 4.21. The molecule has 0 radical (unpaired) electrons. The lowest BCUT2D eigenvalue weighted by molar-refractivity contribution is 0.0800. The number of anilines is 2. The third-order valence-electron chi connectivity index (χ3n) is 6.06. The summed E-state index contributed by atoms with van der Waals surface area (Å²) in [5.74, 6) is 4.97. The van der Waals surface area contributed by atoms with Crippen LogP contribution in [0.1, 0.15) is 33.1 Å². The first kappa shape index (κ1) is 19.7. The molecule has 0 aromatic carbocycles. The number of halogens is 2. The van der Waals surface area contributed by atoms with Crippen LogP contribution < -0.4 is 10.2 Å². The van der Waals surface area contributed by atoms with Crippen LogP contribution in [0.15, 0.2) is 12.3 Å². The van der Waals surface area contributed by atoms with Crippen molar-refractivity contribution in [2.24, 2.45) is 17.8 Å². The fraction of sp³-hybridized carbons (Fsp3) is 0.700. The van der Waals surface area contributed by atoms with Gasteiger partial charge in [-0.2, -0.15) is 16.7 Å². The summed E-state index contributed by atoms with van der Waals surface area (Å²) in [6.07, 6.45) is 2.62. The highest BCUT2D eigenvalue weighted by atomic mass is 32.2. The van der Waals surface area contributed by atoms with Gasteiger partial charge < -0.3 is 15.2 Å². The number of nitrogens with one attached hydrogen (secondary N) is 2. The van der Waals surface area contributed by atoms with Gasteiger partial charge in [-0.3, -0.25) is 0 Å². The molecule has 5 nitrogen and oxygen atoms in total. The molecule has 0 amide bonds. The summed E-state index contributed by atoms with van der Waals surface area (Å²) >= 11 is 2.07. The van der Waals surface area contributed by atoms with Gasteiger partial charge in [-0.05, 0) is 55.6 Å². The number of nitrogens with zero attached hydrogens (tertiary/aromatic N) is 3. The van der Waals surface area contributed by atoms with E-state index in [1.165, 1.54) is 24.3 Å². The van der Waals surface area contributed by atoms with E-state index in [2.05, 4.69) is 31.9 Å². The van der Waals surface area contributed by atoms with E-state index in [0.717, 1.165) is 41.8 Å². The van der Waals surface area contributed by atoms with Crippen molar-refractivity contribution in [1.82, 2.24) is 15.0 Å². The zero-order valence-corrected chi connectivity index (χ0v) is 17.3. The molecule has 2 aromatic heterocycles. The predicted octanol–water partition coefficient (Wildman–Crippen LogP) is 4.63. The molecule has 2 unspecified atom stereocenters. The first-order valence-electron chi connectivity index (χ1n) is 10.2. The Kier molecular flexibility index (Phi) is 5.94. The van der Waals surface area contributed by atoms with Crippen LogP contribution in [-0.4, -0.2) is 52.0 Å². The number of alkyl halides is 2. The highest BCUT2D eigenvalue weighted by Crippen LogP contribution is 2.37. The predicted molar refractivity (Wildman–Crippen MR) is 113 cm³/mol. The first-order valence-corrected chi connectivity index (χ1v) is 11.4. The quantitative estimate of drug-likeness (QED) is 0.698. The van der Waals surface area contributed by atoms with E-state index < -0.39 is 12.3 Å². The fourth-order valence-electron chi connectivity index (χ4n) is 4.33. The second kappa shape index (κ2) is 8.43. The zero-order chi connectivity index (χ0) is 19.7. The van der Waals surface area contributed by atoms with E-state index >= 15 is 0 Å². The van der Waals surface area contributed by atoms with Gasteiger partial charge in [0, 0.05) is 31.2 Å². The Morgan fingerprint density at radius 1 is 1.21 bits per heavy atom. The van der Waals surface area contributed by atoms with Gasteiger partial charge in [0.15, 0.2) is 5.82 Å². The molecule has 2 saturated heterocycles. The van der Waals surface area contributed by atoms with Crippen LogP contribution in [0.4, 0.5) is 20.5 Å². The highest BCUT2D eigenvalue weighted by molar-refractivity contribution is 7.99. The van der Waals surface area contributed by atoms with E-state index in [1.807, 2.05) is 19.2 Å². The summed E-state index contributed by atoms with van der Waals surface area (Å²) < 4.78 is 25.7. The van der Waals surface area contributed by atoms with E-state index in [9.17, 15) is 8.78 Å². The lowest BCUT2D eigenvalue weighted by Gasteiger charge is -2.45. The standard InChI is InChI=1S/C20H29F2N5S/c1-12(18(21)22)9-13(2)24-20-25-16-3-6-23-17(16)19(26-20)27-10-15(11-27)14-4-7-28-8-5-14/h3,6,12-15,18,23H,4-5,7-11H2,1-2H3,(H,24,25,26). The van der Waals surface area contributed by atoms with Crippen molar-refractivity contribution >= 4 is 34.6 Å². The Balaban J connectivity index is 1.45. The van der Waals surface area contributed by atoms with Crippen LogP contribution in [0.2, 0.25) is 0 Å². The van der Waals surface area contributed by atoms with Crippen LogP contribution in [0.3, 0.4) is 0 Å². The number of aromatic nitrogens is 3. The molecule has 0 saturated carbocycles. The van der Waals surface area contributed by atoms with Gasteiger partial charge in [0.2, 0.25) is 12.4 Å². The molecule has 2 aliphatic heterocycles. The Morgan fingerprint density at radius 3 is 2.68 bits per heavy atom. The molecular weight excluding hydrogens is 380 g/mol. The Labute approximate surface area is 169 Å². The number of aromatic amines is 1. The minimum atomic E-state index is -2.30. The maximum Gasteiger partial charge on any atom is 0.241 e. The Hall–Kier alpha value is -1.57. The van der Waals surface area contributed by atoms with Crippen molar-refractivity contribution in [3.05, 3.63) is 12.3 Å². The van der Waals surface area contributed by atoms with Crippen molar-refractivity contribution in [1.29, 1.82) is 0 Å². The molecule has 4 heterocycles. The first-order chi connectivity index (χ1) is 13.5. The average Bonchev–Trinajstić information content (AvgIpc) is 3.09. The zero-order valence-electron chi connectivity index (χ0n) is 16.5. The third-order valence-corrected chi connectivity index (χ3v) is 7.11. The lowest BCUT2D eigenvalue weighted by atomic mass is 9.82. The molecule has 0 spiro atoms. The summed E-state index contributed by atoms with van der Waals surface area (Å²) in [6, 6.07) is 1.82. The Bertz CT molecular complexity index is 786. The second-order valence-corrected chi connectivity index (χ2v) is 9.54. The van der Waals surface area contributed by atoms with Gasteiger partial charge in [-0.1, -0.05) is 6.92 Å². The summed E-state index contributed by atoms with van der Waals surface area (Å²) in [6.45, 7) is 5.56. The lowest BCUT2D eigenvalue weighted by Crippen LogP contribution is -2.51. The minimum absolute atomic E-state index is 0.114. The summed E-state index contributed by atoms with van der Waals surface area (Å²) in [5, 5.41) is 3.23. The van der Waals surface area contributed by atoms with Crippen LogP contribution in [0.25, 0.3) is 11.0 Å². The molecule has 28 heavy (non-hydrogen) atoms. The normalized spacial score (nSPS) is 21.1. The largest absolute Gasteiger partial charge is 0.357 e. The van der Waals surface area contributed by atoms with Crippen LogP contribution >= 0.6 is 11.8 Å². The fourth-order valence-corrected chi connectivity index (χ4v) is 5.48. The SMILES string of the molecule is CC(CC(C)C(F)F)Nc1nc(N2CC(C3CCSCC3)C2)c2[nH]ccc2n1. The van der Waals surface area contributed by atoms with Crippen molar-refractivity contribution in [2.75, 3.05) is 34.8 Å². The van der Waals surface area contributed by atoms with Gasteiger partial charge in [-0.15, -0.1) is 0 Å². The van der Waals surface area contributed by atoms with E-state index in [1.54, 1.807) is 6.92 Å². The van der Waals surface area contributed by atoms with Crippen molar-refractivity contribution < 1.29 is 8.78 Å². The number of thioether (sulfide) groups is 1. The Morgan fingerprint density at radius 2 is 1.96 bits per heavy atom. The monoisotopic (exact) mass is 409 g/mol. The van der Waals surface area contributed by atoms with Gasteiger partial charge >= 0.3 is 0 Å². The van der Waals surface area contributed by atoms with Crippen LogP contribution in [0.5, 0.6) is 0 Å². The van der Waals surface area contributed by atoms with E-state index in [-0.39, 0.29) is 6.04 Å². The average molecular weight is 410 g/mol. The highest BCUT2D eigenvalue weighted by Gasteiger charge is 2.36. The molecule has 0 bridgehead atoms. The van der Waals surface area contributed by atoms with Crippen molar-refractivity contribution in [3.63, 3.8) is 0 Å². The molecule has 2 atom stereocenters. The molecule has 154 valence electrons. The topological polar surface area (TPSA) is 56.8 Å². The molecule has 2 fully saturated rings. The molecule has 8 heteroatoms. The van der Waals surface area contributed by atoms with E-state index in [0.29, 0.717) is 12.4 Å². The summed E-state index contributed by atoms with van der Waals surface area (Å²) in [4.78, 5) is 14.9. The molecule has 0 aliphatic carbocycles. The second-order valence-electron chi connectivity index (χ2n) is 8.32. The summed E-state index contributed by atoms with van der Waals surface area (Å²) in [5.41, 5.74) is 1.82. The number of rotatable bonds is 7. The van der Waals surface area contributed by atoms with Gasteiger partial charge in [0.1, 0.15) is 5.52 Å².